The van der Waals surface area contributed by atoms with Gasteiger partial charge in [0.15, 0.2) is 0 Å². The van der Waals surface area contributed by atoms with E-state index in [1.807, 2.05) is 0 Å². The van der Waals surface area contributed by atoms with Gasteiger partial charge in [-0.1, -0.05) is 5.16 Å². The molecule has 0 aliphatic carbocycles. The van der Waals surface area contributed by atoms with Gasteiger partial charge in [0.25, 0.3) is 5.91 Å². The van der Waals surface area contributed by atoms with E-state index < -0.39 is 11.4 Å². The Morgan fingerprint density at radius 1 is 1.32 bits per heavy atom. The number of aromatic nitrogens is 1. The maximum absolute atomic E-state index is 12.4. The second kappa shape index (κ2) is 4.68. The molecule has 1 N–H and O–H groups in total. The van der Waals surface area contributed by atoms with Crippen LogP contribution < -0.4 is 0 Å². The second-order valence-corrected chi connectivity index (χ2v) is 5.36. The van der Waals surface area contributed by atoms with Gasteiger partial charge in [0.2, 0.25) is 0 Å². The van der Waals surface area contributed by atoms with Crippen LogP contribution in [0.3, 0.4) is 0 Å². The van der Waals surface area contributed by atoms with Crippen molar-refractivity contribution in [1.82, 2.24) is 10.1 Å². The summed E-state index contributed by atoms with van der Waals surface area (Å²) in [5.74, 6) is -0.408. The number of aryl methyl sites for hydroxylation is 2. The fourth-order valence-electron chi connectivity index (χ4n) is 2.36. The minimum Gasteiger partial charge on any atom is -0.481 e. The number of hydrogen-bond donors (Lipinski definition) is 1. The Bertz CT molecular complexity index is 493. The lowest BCUT2D eigenvalue weighted by Gasteiger charge is -2.36. The van der Waals surface area contributed by atoms with Gasteiger partial charge in [-0.25, -0.2) is 0 Å². The number of carboxylic acid groups (broad SMARTS) is 1. The number of carbonyl (C=O) groups excluding carboxylic acids is 1. The first kappa shape index (κ1) is 13.6. The summed E-state index contributed by atoms with van der Waals surface area (Å²) in [5, 5.41) is 12.9. The summed E-state index contributed by atoms with van der Waals surface area (Å²) in [6.07, 6.45) is 0.939. The first-order valence-electron chi connectivity index (χ1n) is 6.31. The number of likely N-dealkylation sites (tertiary alicyclic amines) is 1. The molecule has 0 unspecified atom stereocenters. The maximum Gasteiger partial charge on any atom is 0.309 e. The molecule has 1 amide bonds. The van der Waals surface area contributed by atoms with Gasteiger partial charge in [-0.3, -0.25) is 9.59 Å². The highest BCUT2D eigenvalue weighted by Crippen LogP contribution is 2.32. The number of carboxylic acids is 1. The number of piperidine rings is 1. The number of amides is 1. The summed E-state index contributed by atoms with van der Waals surface area (Å²) in [4.78, 5) is 25.2. The van der Waals surface area contributed by atoms with Crippen LogP contribution in [0, 0.1) is 19.3 Å². The summed E-state index contributed by atoms with van der Waals surface area (Å²) in [7, 11) is 0. The molecule has 6 nitrogen and oxygen atoms in total. The summed E-state index contributed by atoms with van der Waals surface area (Å²) >= 11 is 0. The van der Waals surface area contributed by atoms with E-state index in [0.29, 0.717) is 42.9 Å². The smallest absolute Gasteiger partial charge is 0.309 e. The van der Waals surface area contributed by atoms with E-state index in [-0.39, 0.29) is 5.91 Å². The van der Waals surface area contributed by atoms with Crippen LogP contribution in [0.2, 0.25) is 0 Å². The Morgan fingerprint density at radius 2 is 1.89 bits per heavy atom. The molecule has 0 atom stereocenters. The van der Waals surface area contributed by atoms with Crippen LogP contribution in [0.15, 0.2) is 4.52 Å². The molecule has 1 aliphatic rings. The highest BCUT2D eigenvalue weighted by molar-refractivity contribution is 5.96. The molecule has 1 fully saturated rings. The van der Waals surface area contributed by atoms with Gasteiger partial charge >= 0.3 is 5.97 Å². The highest BCUT2D eigenvalue weighted by Gasteiger charge is 2.38. The lowest BCUT2D eigenvalue weighted by Crippen LogP contribution is -2.45. The Kier molecular flexibility index (Phi) is 3.34. The Hall–Kier alpha value is -1.85. The molecule has 1 aromatic heterocycles. The SMILES string of the molecule is Cc1noc(C)c1C(=O)N1CCC(C)(C(=O)O)CC1. The van der Waals surface area contributed by atoms with E-state index in [2.05, 4.69) is 5.16 Å². The van der Waals surface area contributed by atoms with E-state index in [9.17, 15) is 9.59 Å². The summed E-state index contributed by atoms with van der Waals surface area (Å²) in [6, 6.07) is 0. The van der Waals surface area contributed by atoms with E-state index in [4.69, 9.17) is 9.63 Å². The normalized spacial score (nSPS) is 18.4. The van der Waals surface area contributed by atoms with E-state index in [1.165, 1.54) is 0 Å². The van der Waals surface area contributed by atoms with Crippen molar-refractivity contribution in [3.63, 3.8) is 0 Å². The molecule has 2 heterocycles. The second-order valence-electron chi connectivity index (χ2n) is 5.36. The van der Waals surface area contributed by atoms with Crippen molar-refractivity contribution in [2.75, 3.05) is 13.1 Å². The predicted octanol–water partition coefficient (Wildman–Crippen LogP) is 1.62. The molecule has 104 valence electrons. The fourth-order valence-corrected chi connectivity index (χ4v) is 2.36. The van der Waals surface area contributed by atoms with Crippen LogP contribution in [0.5, 0.6) is 0 Å². The zero-order valence-corrected chi connectivity index (χ0v) is 11.4. The highest BCUT2D eigenvalue weighted by atomic mass is 16.5. The van der Waals surface area contributed by atoms with Crippen molar-refractivity contribution in [2.45, 2.75) is 33.6 Å². The molecular weight excluding hydrogens is 248 g/mol. The average Bonchev–Trinajstić information content (AvgIpc) is 2.69. The molecule has 0 bridgehead atoms. The van der Waals surface area contributed by atoms with Gasteiger partial charge in [-0.05, 0) is 33.6 Å². The average molecular weight is 266 g/mol. The van der Waals surface area contributed by atoms with Crippen molar-refractivity contribution < 1.29 is 19.2 Å². The largest absolute Gasteiger partial charge is 0.481 e. The zero-order chi connectivity index (χ0) is 14.2. The molecule has 1 saturated heterocycles. The van der Waals surface area contributed by atoms with Gasteiger partial charge in [0.05, 0.1) is 11.1 Å². The lowest BCUT2D eigenvalue weighted by atomic mass is 9.80. The minimum absolute atomic E-state index is 0.122. The van der Waals surface area contributed by atoms with Crippen LogP contribution in [0.4, 0.5) is 0 Å². The summed E-state index contributed by atoms with van der Waals surface area (Å²) in [6.45, 7) is 6.07. The van der Waals surface area contributed by atoms with Crippen LogP contribution in [0.1, 0.15) is 41.6 Å². The third kappa shape index (κ3) is 2.34. The molecule has 1 aromatic rings. The maximum atomic E-state index is 12.4. The molecule has 19 heavy (non-hydrogen) atoms. The molecule has 0 radical (unpaired) electrons. The van der Waals surface area contributed by atoms with Crippen molar-refractivity contribution in [1.29, 1.82) is 0 Å². The monoisotopic (exact) mass is 266 g/mol. The number of rotatable bonds is 2. The predicted molar refractivity (Wildman–Crippen MR) is 66.9 cm³/mol. The van der Waals surface area contributed by atoms with Crippen molar-refractivity contribution >= 4 is 11.9 Å². The molecule has 1 aliphatic heterocycles. The minimum atomic E-state index is -0.795. The number of hydrogen-bond acceptors (Lipinski definition) is 4. The molecule has 0 spiro atoms. The number of nitrogens with zero attached hydrogens (tertiary/aromatic N) is 2. The van der Waals surface area contributed by atoms with Crippen molar-refractivity contribution in [3.8, 4) is 0 Å². The number of aliphatic carboxylic acids is 1. The third-order valence-electron chi connectivity index (χ3n) is 3.92. The molecule has 6 heteroatoms. The van der Waals surface area contributed by atoms with Gasteiger partial charge in [-0.15, -0.1) is 0 Å². The summed E-state index contributed by atoms with van der Waals surface area (Å²) in [5.41, 5.74) is 0.350. The summed E-state index contributed by atoms with van der Waals surface area (Å²) < 4.78 is 4.99. The lowest BCUT2D eigenvalue weighted by molar-refractivity contribution is -0.150. The Balaban J connectivity index is 2.10. The zero-order valence-electron chi connectivity index (χ0n) is 11.4. The van der Waals surface area contributed by atoms with Crippen LogP contribution >= 0.6 is 0 Å². The van der Waals surface area contributed by atoms with Crippen LogP contribution in [-0.2, 0) is 4.79 Å². The van der Waals surface area contributed by atoms with E-state index in [0.717, 1.165) is 0 Å². The molecule has 0 aromatic carbocycles. The van der Waals surface area contributed by atoms with Gasteiger partial charge in [-0.2, -0.15) is 0 Å². The van der Waals surface area contributed by atoms with E-state index in [1.54, 1.807) is 25.7 Å². The Labute approximate surface area is 111 Å². The van der Waals surface area contributed by atoms with Gasteiger partial charge < -0.3 is 14.5 Å². The number of carbonyl (C=O) groups is 2. The van der Waals surface area contributed by atoms with Crippen molar-refractivity contribution in [3.05, 3.63) is 17.0 Å². The Morgan fingerprint density at radius 3 is 2.32 bits per heavy atom. The van der Waals surface area contributed by atoms with Gasteiger partial charge in [0.1, 0.15) is 11.3 Å². The van der Waals surface area contributed by atoms with Crippen LogP contribution in [0.25, 0.3) is 0 Å². The standard InChI is InChI=1S/C13H18N2O4/c1-8-10(9(2)19-14-8)11(16)15-6-4-13(3,5-7-15)12(17)18/h4-7H2,1-3H3,(H,17,18). The first-order chi connectivity index (χ1) is 8.85. The fraction of sp³-hybridized carbons (Fsp3) is 0.615. The van der Waals surface area contributed by atoms with Gasteiger partial charge in [0, 0.05) is 13.1 Å². The molecule has 0 saturated carbocycles. The van der Waals surface area contributed by atoms with Crippen LogP contribution in [-0.4, -0.2) is 40.1 Å². The van der Waals surface area contributed by atoms with E-state index >= 15 is 0 Å². The molecule has 2 rings (SSSR count). The first-order valence-corrected chi connectivity index (χ1v) is 6.31. The molecular formula is C13H18N2O4. The van der Waals surface area contributed by atoms with Crippen molar-refractivity contribution in [2.24, 2.45) is 5.41 Å². The topological polar surface area (TPSA) is 83.6 Å². The quantitative estimate of drug-likeness (QED) is 0.879. The third-order valence-corrected chi connectivity index (χ3v) is 3.92.